The van der Waals surface area contributed by atoms with Gasteiger partial charge in [-0.05, 0) is 30.3 Å². The summed E-state index contributed by atoms with van der Waals surface area (Å²) in [6.07, 6.45) is -1.76. The lowest BCUT2D eigenvalue weighted by Gasteiger charge is -2.40. The minimum atomic E-state index is -3.18. The van der Waals surface area contributed by atoms with E-state index in [1.165, 1.54) is 6.07 Å². The second-order valence-electron chi connectivity index (χ2n) is 7.94. The molecule has 0 spiro atoms. The van der Waals surface area contributed by atoms with Gasteiger partial charge in [0.05, 0.1) is 6.20 Å². The fourth-order valence-corrected chi connectivity index (χ4v) is 4.31. The van der Waals surface area contributed by atoms with Crippen LogP contribution in [-0.2, 0) is 10.3 Å². The Morgan fingerprint density at radius 3 is 2.68 bits per heavy atom. The SMILES string of the molecule is NC1=NC(CF)(c2cc(NC(=O)c3ccc(OC(F)F)cn3)ccc2F)C2CC(F)(F)C[C@@H]2O1. The van der Waals surface area contributed by atoms with Crippen LogP contribution in [0.15, 0.2) is 41.5 Å². The number of ether oxygens (including phenoxy) is 2. The third-order valence-corrected chi connectivity index (χ3v) is 5.75. The van der Waals surface area contributed by atoms with Crippen molar-refractivity contribution >= 4 is 17.6 Å². The number of fused-ring (bicyclic) bond motifs is 1. The van der Waals surface area contributed by atoms with E-state index in [0.717, 1.165) is 30.5 Å². The Balaban J connectivity index is 1.64. The van der Waals surface area contributed by atoms with E-state index in [1.54, 1.807) is 0 Å². The summed E-state index contributed by atoms with van der Waals surface area (Å²) < 4.78 is 91.4. The van der Waals surface area contributed by atoms with Crippen LogP contribution in [0.25, 0.3) is 0 Å². The average molecular weight is 488 g/mol. The number of aromatic nitrogens is 1. The summed E-state index contributed by atoms with van der Waals surface area (Å²) in [5.41, 5.74) is 2.97. The molecule has 182 valence electrons. The number of amidine groups is 1. The van der Waals surface area contributed by atoms with Crippen molar-refractivity contribution in [3.05, 3.63) is 53.6 Å². The summed E-state index contributed by atoms with van der Waals surface area (Å²) in [6.45, 7) is -4.40. The molecule has 1 amide bonds. The number of rotatable bonds is 6. The molecule has 1 aliphatic heterocycles. The first-order valence-corrected chi connectivity index (χ1v) is 10.0. The highest BCUT2D eigenvalue weighted by Crippen LogP contribution is 2.53. The molecule has 2 aliphatic rings. The topological polar surface area (TPSA) is 98.8 Å². The largest absolute Gasteiger partial charge is 0.461 e. The molecule has 2 aromatic rings. The predicted molar refractivity (Wildman–Crippen MR) is 107 cm³/mol. The van der Waals surface area contributed by atoms with Crippen LogP contribution in [0.2, 0.25) is 0 Å². The molecule has 1 saturated carbocycles. The van der Waals surface area contributed by atoms with Crippen LogP contribution < -0.4 is 15.8 Å². The summed E-state index contributed by atoms with van der Waals surface area (Å²) in [4.78, 5) is 20.1. The van der Waals surface area contributed by atoms with Gasteiger partial charge in [-0.3, -0.25) is 4.79 Å². The molecular formula is C21H18F6N4O3. The van der Waals surface area contributed by atoms with Crippen molar-refractivity contribution in [3.63, 3.8) is 0 Å². The lowest BCUT2D eigenvalue weighted by Crippen LogP contribution is -2.48. The molecule has 3 atom stereocenters. The van der Waals surface area contributed by atoms with Crippen LogP contribution in [0.4, 0.5) is 32.0 Å². The zero-order valence-electron chi connectivity index (χ0n) is 17.3. The zero-order valence-corrected chi connectivity index (χ0v) is 17.3. The van der Waals surface area contributed by atoms with Gasteiger partial charge in [0.1, 0.15) is 35.6 Å². The molecule has 0 radical (unpaired) electrons. The van der Waals surface area contributed by atoms with Gasteiger partial charge in [0.15, 0.2) is 0 Å². The Hall–Kier alpha value is -3.51. The number of carbonyl (C=O) groups excluding carboxylic acids is 1. The van der Waals surface area contributed by atoms with Gasteiger partial charge in [0.25, 0.3) is 17.9 Å². The van der Waals surface area contributed by atoms with E-state index >= 15 is 0 Å². The highest BCUT2D eigenvalue weighted by Gasteiger charge is 2.60. The smallest absolute Gasteiger partial charge is 0.387 e. The highest BCUT2D eigenvalue weighted by atomic mass is 19.3. The van der Waals surface area contributed by atoms with Crippen molar-refractivity contribution in [2.24, 2.45) is 16.6 Å². The van der Waals surface area contributed by atoms with E-state index in [0.29, 0.717) is 0 Å². The zero-order chi connectivity index (χ0) is 24.7. The molecular weight excluding hydrogens is 470 g/mol. The highest BCUT2D eigenvalue weighted by molar-refractivity contribution is 6.02. The van der Waals surface area contributed by atoms with Gasteiger partial charge in [0.2, 0.25) is 0 Å². The number of nitrogens with two attached hydrogens (primary N) is 1. The van der Waals surface area contributed by atoms with E-state index in [2.05, 4.69) is 20.0 Å². The van der Waals surface area contributed by atoms with E-state index in [9.17, 15) is 31.1 Å². The maximum absolute atomic E-state index is 14.9. The first-order chi connectivity index (χ1) is 16.0. The summed E-state index contributed by atoms with van der Waals surface area (Å²) in [7, 11) is 0. The number of halogens is 6. The molecule has 13 heteroatoms. The van der Waals surface area contributed by atoms with Crippen molar-refractivity contribution in [3.8, 4) is 5.75 Å². The van der Waals surface area contributed by atoms with Crippen LogP contribution in [0.3, 0.4) is 0 Å². The summed E-state index contributed by atoms with van der Waals surface area (Å²) in [6, 6.07) is 4.86. The Morgan fingerprint density at radius 2 is 2.03 bits per heavy atom. The third kappa shape index (κ3) is 4.46. The first kappa shape index (κ1) is 23.6. The van der Waals surface area contributed by atoms with E-state index in [1.807, 2.05) is 0 Å². The third-order valence-electron chi connectivity index (χ3n) is 5.75. The van der Waals surface area contributed by atoms with Crippen molar-refractivity contribution in [2.75, 3.05) is 12.0 Å². The number of nitrogens with zero attached hydrogens (tertiary/aromatic N) is 2. The summed E-state index contributed by atoms with van der Waals surface area (Å²) >= 11 is 0. The maximum Gasteiger partial charge on any atom is 0.387 e. The number of benzene rings is 1. The standard InChI is InChI=1S/C21H18F6N4O3/c22-9-21(13-6-20(26,27)7-16(13)34-19(28)31-21)12-5-10(1-3-14(12)23)30-17(32)15-4-2-11(8-29-15)33-18(24)25/h1-5,8,13,16,18H,6-7,9H2,(H2,28,31)(H,30,32)/t13?,16-,21?/m0/s1. The second kappa shape index (κ2) is 8.69. The Morgan fingerprint density at radius 1 is 1.26 bits per heavy atom. The van der Waals surface area contributed by atoms with Crippen LogP contribution in [-0.4, -0.2) is 42.2 Å². The molecule has 1 fully saturated rings. The molecule has 1 aromatic heterocycles. The van der Waals surface area contributed by atoms with Gasteiger partial charge < -0.3 is 20.5 Å². The van der Waals surface area contributed by atoms with E-state index < -0.39 is 67.4 Å². The number of carbonyl (C=O) groups is 1. The number of nitrogens with one attached hydrogen (secondary N) is 1. The lowest BCUT2D eigenvalue weighted by molar-refractivity contribution is -0.0500. The van der Waals surface area contributed by atoms with Crippen LogP contribution in [0.1, 0.15) is 28.9 Å². The number of amides is 1. The molecule has 2 unspecified atom stereocenters. The lowest BCUT2D eigenvalue weighted by atomic mass is 9.76. The molecule has 0 saturated heterocycles. The summed E-state index contributed by atoms with van der Waals surface area (Å²) in [5.74, 6) is -6.38. The minimum Gasteiger partial charge on any atom is -0.461 e. The first-order valence-electron chi connectivity index (χ1n) is 10.0. The summed E-state index contributed by atoms with van der Waals surface area (Å²) in [5, 5.41) is 2.41. The Kier molecular flexibility index (Phi) is 6.04. The molecule has 4 rings (SSSR count). The van der Waals surface area contributed by atoms with Crippen LogP contribution in [0, 0.1) is 11.7 Å². The predicted octanol–water partition coefficient (Wildman–Crippen LogP) is 4.00. The van der Waals surface area contributed by atoms with Gasteiger partial charge in [-0.25, -0.2) is 27.5 Å². The van der Waals surface area contributed by atoms with Crippen molar-refractivity contribution in [1.82, 2.24) is 4.98 Å². The number of pyridine rings is 1. The molecule has 1 aromatic carbocycles. The van der Waals surface area contributed by atoms with Crippen molar-refractivity contribution in [1.29, 1.82) is 0 Å². The average Bonchev–Trinajstić information content (AvgIpc) is 3.08. The quantitative estimate of drug-likeness (QED) is 0.599. The van der Waals surface area contributed by atoms with Crippen molar-refractivity contribution in [2.45, 2.75) is 37.0 Å². The number of hydrogen-bond donors (Lipinski definition) is 2. The van der Waals surface area contributed by atoms with Gasteiger partial charge in [-0.15, -0.1) is 0 Å². The molecule has 0 bridgehead atoms. The maximum atomic E-state index is 14.9. The fourth-order valence-electron chi connectivity index (χ4n) is 4.31. The van der Waals surface area contributed by atoms with Gasteiger partial charge >= 0.3 is 6.61 Å². The van der Waals surface area contributed by atoms with Crippen LogP contribution in [0.5, 0.6) is 5.75 Å². The van der Waals surface area contributed by atoms with Gasteiger partial charge in [-0.1, -0.05) is 0 Å². The number of alkyl halides is 5. The number of anilines is 1. The van der Waals surface area contributed by atoms with Crippen LogP contribution >= 0.6 is 0 Å². The molecule has 2 heterocycles. The fraction of sp³-hybridized carbons (Fsp3) is 0.381. The molecule has 3 N–H and O–H groups in total. The van der Waals surface area contributed by atoms with Crippen molar-refractivity contribution < 1.29 is 40.6 Å². The molecule has 7 nitrogen and oxygen atoms in total. The van der Waals surface area contributed by atoms with E-state index in [-0.39, 0.29) is 22.7 Å². The number of aliphatic imine (C=N–C) groups is 1. The second-order valence-corrected chi connectivity index (χ2v) is 7.94. The molecule has 34 heavy (non-hydrogen) atoms. The van der Waals surface area contributed by atoms with Gasteiger partial charge in [-0.2, -0.15) is 8.78 Å². The Bertz CT molecular complexity index is 1110. The van der Waals surface area contributed by atoms with Gasteiger partial charge in [0, 0.05) is 30.0 Å². The minimum absolute atomic E-state index is 0.00879. The molecule has 1 aliphatic carbocycles. The van der Waals surface area contributed by atoms with E-state index in [4.69, 9.17) is 10.5 Å². The number of hydrogen-bond acceptors (Lipinski definition) is 6. The normalized spacial score (nSPS) is 25.3. The Labute approximate surface area is 189 Å². The monoisotopic (exact) mass is 488 g/mol.